The fraction of sp³-hybridized carbons (Fsp3) is 0.278. The second-order valence-electron chi connectivity index (χ2n) is 5.83. The van der Waals surface area contributed by atoms with Crippen LogP contribution in [0.4, 0.5) is 5.69 Å². The van der Waals surface area contributed by atoms with E-state index >= 15 is 0 Å². The molecule has 1 aromatic carbocycles. The van der Waals surface area contributed by atoms with Gasteiger partial charge in [0, 0.05) is 11.9 Å². The molecule has 2 heterocycles. The molecule has 0 saturated heterocycles. The van der Waals surface area contributed by atoms with Gasteiger partial charge in [-0.3, -0.25) is 0 Å². The van der Waals surface area contributed by atoms with Gasteiger partial charge < -0.3 is 4.57 Å². The number of thiazole rings is 1. The molecule has 0 atom stereocenters. The van der Waals surface area contributed by atoms with Crippen molar-refractivity contribution in [2.75, 3.05) is 0 Å². The Morgan fingerprint density at radius 2 is 1.86 bits per heavy atom. The van der Waals surface area contributed by atoms with Crippen molar-refractivity contribution in [1.29, 1.82) is 0 Å². The van der Waals surface area contributed by atoms with Crippen molar-refractivity contribution in [2.24, 2.45) is 10.9 Å². The Labute approximate surface area is 139 Å². The van der Waals surface area contributed by atoms with Gasteiger partial charge in [0.2, 0.25) is 0 Å². The molecule has 114 valence electrons. The van der Waals surface area contributed by atoms with Crippen LogP contribution in [-0.2, 0) is 6.54 Å². The number of aromatic nitrogens is 1. The van der Waals surface area contributed by atoms with Crippen molar-refractivity contribution in [2.45, 2.75) is 27.3 Å². The molecule has 0 fully saturated rings. The molecular formula is C18H20N2S2. The third-order valence-corrected chi connectivity index (χ3v) is 5.13. The highest BCUT2D eigenvalue weighted by atomic mass is 32.1. The summed E-state index contributed by atoms with van der Waals surface area (Å²) < 4.78 is 2.35. The van der Waals surface area contributed by atoms with Gasteiger partial charge in [0.1, 0.15) is 0 Å². The average Bonchev–Trinajstić information content (AvgIpc) is 3.11. The molecule has 22 heavy (non-hydrogen) atoms. The van der Waals surface area contributed by atoms with Crippen LogP contribution < -0.4 is 4.80 Å². The molecule has 0 aliphatic rings. The van der Waals surface area contributed by atoms with E-state index in [0.29, 0.717) is 5.92 Å². The summed E-state index contributed by atoms with van der Waals surface area (Å²) in [6.07, 6.45) is 0. The lowest BCUT2D eigenvalue weighted by Gasteiger charge is -2.10. The Morgan fingerprint density at radius 1 is 1.09 bits per heavy atom. The lowest BCUT2D eigenvalue weighted by atomic mass is 10.2. The lowest BCUT2D eigenvalue weighted by molar-refractivity contribution is 0.518. The van der Waals surface area contributed by atoms with Crippen molar-refractivity contribution in [1.82, 2.24) is 4.57 Å². The number of hydrogen-bond donors (Lipinski definition) is 0. The van der Waals surface area contributed by atoms with Crippen molar-refractivity contribution >= 4 is 28.4 Å². The normalized spacial score (nSPS) is 12.3. The van der Waals surface area contributed by atoms with E-state index < -0.39 is 0 Å². The summed E-state index contributed by atoms with van der Waals surface area (Å²) in [4.78, 5) is 7.23. The molecule has 0 radical (unpaired) electrons. The van der Waals surface area contributed by atoms with E-state index in [1.54, 1.807) is 22.7 Å². The second-order valence-corrected chi connectivity index (χ2v) is 7.62. The second kappa shape index (κ2) is 6.63. The highest BCUT2D eigenvalue weighted by Gasteiger charge is 2.10. The van der Waals surface area contributed by atoms with E-state index in [1.165, 1.54) is 16.1 Å². The highest BCUT2D eigenvalue weighted by molar-refractivity contribution is 7.14. The maximum absolute atomic E-state index is 4.85. The van der Waals surface area contributed by atoms with Gasteiger partial charge in [-0.1, -0.05) is 37.6 Å². The van der Waals surface area contributed by atoms with Gasteiger partial charge in [0.05, 0.1) is 16.3 Å². The molecule has 0 spiro atoms. The Hall–Kier alpha value is -1.65. The van der Waals surface area contributed by atoms with Crippen LogP contribution in [-0.4, -0.2) is 4.57 Å². The quantitative estimate of drug-likeness (QED) is 0.604. The number of hydrogen-bond acceptors (Lipinski definition) is 3. The summed E-state index contributed by atoms with van der Waals surface area (Å²) in [5, 5.41) is 4.35. The van der Waals surface area contributed by atoms with E-state index in [1.807, 2.05) is 0 Å². The predicted octanol–water partition coefficient (Wildman–Crippen LogP) is 5.47. The van der Waals surface area contributed by atoms with Gasteiger partial charge in [0.15, 0.2) is 4.80 Å². The minimum atomic E-state index is 0.588. The van der Waals surface area contributed by atoms with Crippen LogP contribution in [0, 0.1) is 12.8 Å². The summed E-state index contributed by atoms with van der Waals surface area (Å²) in [6.45, 7) is 7.58. The molecule has 3 rings (SSSR count). The molecule has 2 nitrogen and oxygen atoms in total. The summed E-state index contributed by atoms with van der Waals surface area (Å²) >= 11 is 3.50. The predicted molar refractivity (Wildman–Crippen MR) is 96.9 cm³/mol. The monoisotopic (exact) mass is 328 g/mol. The molecule has 3 aromatic rings. The van der Waals surface area contributed by atoms with E-state index in [0.717, 1.165) is 17.0 Å². The summed E-state index contributed by atoms with van der Waals surface area (Å²) in [7, 11) is 0. The van der Waals surface area contributed by atoms with Gasteiger partial charge >= 0.3 is 0 Å². The van der Waals surface area contributed by atoms with Crippen molar-refractivity contribution in [3.8, 4) is 10.6 Å². The first-order valence-corrected chi connectivity index (χ1v) is 9.23. The van der Waals surface area contributed by atoms with E-state index in [2.05, 4.69) is 72.5 Å². The van der Waals surface area contributed by atoms with Gasteiger partial charge in [-0.05, 0) is 36.4 Å². The van der Waals surface area contributed by atoms with Gasteiger partial charge in [-0.15, -0.1) is 22.7 Å². The SMILES string of the molecule is Cc1ccc(N=c2scc(-c3cccs3)n2CC(C)C)cc1. The fourth-order valence-electron chi connectivity index (χ4n) is 2.31. The zero-order valence-corrected chi connectivity index (χ0v) is 14.7. The lowest BCUT2D eigenvalue weighted by Crippen LogP contribution is -2.18. The van der Waals surface area contributed by atoms with Gasteiger partial charge in [-0.25, -0.2) is 4.99 Å². The maximum Gasteiger partial charge on any atom is 0.190 e. The van der Waals surface area contributed by atoms with Crippen LogP contribution in [0.5, 0.6) is 0 Å². The van der Waals surface area contributed by atoms with Crippen LogP contribution in [0.3, 0.4) is 0 Å². The molecular weight excluding hydrogens is 308 g/mol. The Morgan fingerprint density at radius 3 is 2.50 bits per heavy atom. The largest absolute Gasteiger partial charge is 0.315 e. The van der Waals surface area contributed by atoms with E-state index in [-0.39, 0.29) is 0 Å². The Bertz CT molecular complexity index is 790. The molecule has 2 aromatic heterocycles. The first-order valence-electron chi connectivity index (χ1n) is 7.47. The third-order valence-electron chi connectivity index (χ3n) is 3.38. The topological polar surface area (TPSA) is 17.3 Å². The van der Waals surface area contributed by atoms with Gasteiger partial charge in [0.25, 0.3) is 0 Å². The van der Waals surface area contributed by atoms with Crippen molar-refractivity contribution < 1.29 is 0 Å². The summed E-state index contributed by atoms with van der Waals surface area (Å²) in [5.74, 6) is 0.588. The number of rotatable bonds is 4. The zero-order valence-electron chi connectivity index (χ0n) is 13.1. The van der Waals surface area contributed by atoms with E-state index in [9.17, 15) is 0 Å². The standard InChI is InChI=1S/C18H20N2S2/c1-13(2)11-20-16(17-5-4-10-21-17)12-22-18(20)19-15-8-6-14(3)7-9-15/h4-10,12-13H,11H2,1-3H3. The van der Waals surface area contributed by atoms with Crippen LogP contribution in [0.15, 0.2) is 52.2 Å². The summed E-state index contributed by atoms with van der Waals surface area (Å²) in [6, 6.07) is 12.7. The van der Waals surface area contributed by atoms with Crippen LogP contribution >= 0.6 is 22.7 Å². The third kappa shape index (κ3) is 3.39. The molecule has 0 unspecified atom stereocenters. The Kier molecular flexibility index (Phi) is 4.60. The summed E-state index contributed by atoms with van der Waals surface area (Å²) in [5.41, 5.74) is 3.56. The van der Waals surface area contributed by atoms with Crippen LogP contribution in [0.2, 0.25) is 0 Å². The van der Waals surface area contributed by atoms with Crippen molar-refractivity contribution in [3.05, 3.63) is 57.5 Å². The molecule has 0 aliphatic carbocycles. The number of aryl methyl sites for hydroxylation is 1. The maximum atomic E-state index is 4.85. The first kappa shape index (κ1) is 15.3. The molecule has 4 heteroatoms. The number of thiophene rings is 1. The highest BCUT2D eigenvalue weighted by Crippen LogP contribution is 2.26. The number of nitrogens with zero attached hydrogens (tertiary/aromatic N) is 2. The fourth-order valence-corrected chi connectivity index (χ4v) is 4.07. The molecule has 0 bridgehead atoms. The van der Waals surface area contributed by atoms with Gasteiger partial charge in [-0.2, -0.15) is 0 Å². The smallest absolute Gasteiger partial charge is 0.190 e. The number of benzene rings is 1. The van der Waals surface area contributed by atoms with Crippen LogP contribution in [0.25, 0.3) is 10.6 Å². The minimum absolute atomic E-state index is 0.588. The molecule has 0 amide bonds. The zero-order chi connectivity index (χ0) is 15.5. The average molecular weight is 329 g/mol. The first-order chi connectivity index (χ1) is 10.6. The Balaban J connectivity index is 2.09. The molecule has 0 N–H and O–H groups in total. The van der Waals surface area contributed by atoms with Crippen LogP contribution in [0.1, 0.15) is 19.4 Å². The van der Waals surface area contributed by atoms with Crippen molar-refractivity contribution in [3.63, 3.8) is 0 Å². The molecule has 0 aliphatic heterocycles. The van der Waals surface area contributed by atoms with E-state index in [4.69, 9.17) is 4.99 Å². The minimum Gasteiger partial charge on any atom is -0.315 e. The molecule has 0 saturated carbocycles.